The SMILES string of the molecule is C1CCOCC1.Cc1nc2ncnc(C3CC(C(F)(F)F)C3)c2nc1C.Cn1cccn1. The maximum Gasteiger partial charge on any atom is 0.391 e. The maximum absolute atomic E-state index is 12.6. The molecule has 0 unspecified atom stereocenters. The second-order valence-corrected chi connectivity index (χ2v) is 8.09. The first-order chi connectivity index (χ1) is 15.3. The van der Waals surface area contributed by atoms with E-state index in [1.165, 1.54) is 25.6 Å². The van der Waals surface area contributed by atoms with E-state index in [1.807, 2.05) is 33.2 Å². The normalized spacial score (nSPS) is 20.4. The molecule has 5 rings (SSSR count). The second kappa shape index (κ2) is 10.8. The Bertz CT molecular complexity index is 972. The summed E-state index contributed by atoms with van der Waals surface area (Å²) in [7, 11) is 1.89. The number of aryl methyl sites for hydroxylation is 3. The van der Waals surface area contributed by atoms with Gasteiger partial charge in [0.25, 0.3) is 0 Å². The van der Waals surface area contributed by atoms with Gasteiger partial charge >= 0.3 is 6.18 Å². The molecule has 1 saturated carbocycles. The molecule has 32 heavy (non-hydrogen) atoms. The monoisotopic (exact) mass is 450 g/mol. The summed E-state index contributed by atoms with van der Waals surface area (Å²) in [5.74, 6) is -1.43. The fourth-order valence-corrected chi connectivity index (χ4v) is 3.50. The standard InChI is InChI=1S/C13H13F3N4.C5H10O.C4H6N2/c1-6-7(2)20-12-11(19-6)10(17-5-18-12)8-3-9(4-8)13(14,15)16;1-2-4-6-5-3-1;1-6-4-2-3-5-6/h5,8-9H,3-4H2,1-2H3;1-5H2;2-4H,1H3. The molecule has 1 aliphatic carbocycles. The van der Waals surface area contributed by atoms with E-state index >= 15 is 0 Å². The Kier molecular flexibility index (Phi) is 8.11. The molecule has 1 saturated heterocycles. The zero-order valence-corrected chi connectivity index (χ0v) is 18.6. The quantitative estimate of drug-likeness (QED) is 0.535. The van der Waals surface area contributed by atoms with Gasteiger partial charge < -0.3 is 4.74 Å². The van der Waals surface area contributed by atoms with Crippen LogP contribution in [0.5, 0.6) is 0 Å². The minimum Gasteiger partial charge on any atom is -0.381 e. The molecule has 7 nitrogen and oxygen atoms in total. The molecule has 0 spiro atoms. The summed E-state index contributed by atoms with van der Waals surface area (Å²) in [6, 6.07) is 1.89. The molecule has 2 fully saturated rings. The molecule has 2 aliphatic rings. The van der Waals surface area contributed by atoms with Crippen molar-refractivity contribution < 1.29 is 17.9 Å². The van der Waals surface area contributed by atoms with Crippen LogP contribution < -0.4 is 0 Å². The van der Waals surface area contributed by atoms with E-state index in [9.17, 15) is 13.2 Å². The lowest BCUT2D eigenvalue weighted by Crippen LogP contribution is -2.35. The van der Waals surface area contributed by atoms with Crippen molar-refractivity contribution in [1.82, 2.24) is 29.7 Å². The minimum atomic E-state index is -4.11. The number of hydrogen-bond donors (Lipinski definition) is 0. The molecular formula is C22H29F3N6O. The molecule has 0 N–H and O–H groups in total. The maximum atomic E-state index is 12.6. The third kappa shape index (κ3) is 6.44. The van der Waals surface area contributed by atoms with E-state index in [4.69, 9.17) is 4.74 Å². The number of halogens is 3. The number of alkyl halides is 3. The van der Waals surface area contributed by atoms with E-state index in [-0.39, 0.29) is 18.8 Å². The highest BCUT2D eigenvalue weighted by atomic mass is 19.4. The van der Waals surface area contributed by atoms with Crippen molar-refractivity contribution in [2.24, 2.45) is 13.0 Å². The molecule has 0 bridgehead atoms. The first kappa shape index (κ1) is 24.0. The molecule has 0 radical (unpaired) electrons. The van der Waals surface area contributed by atoms with Gasteiger partial charge in [0.1, 0.15) is 11.8 Å². The van der Waals surface area contributed by atoms with Gasteiger partial charge in [0.05, 0.1) is 23.0 Å². The van der Waals surface area contributed by atoms with E-state index in [0.717, 1.165) is 24.6 Å². The highest BCUT2D eigenvalue weighted by Crippen LogP contribution is 2.49. The highest BCUT2D eigenvalue weighted by molar-refractivity contribution is 5.73. The average molecular weight is 451 g/mol. The van der Waals surface area contributed by atoms with Crippen molar-refractivity contribution >= 4 is 11.2 Å². The lowest BCUT2D eigenvalue weighted by atomic mass is 9.72. The molecule has 0 atom stereocenters. The Morgan fingerprint density at radius 3 is 2.16 bits per heavy atom. The van der Waals surface area contributed by atoms with Crippen LogP contribution in [0.4, 0.5) is 13.2 Å². The first-order valence-corrected chi connectivity index (χ1v) is 10.8. The van der Waals surface area contributed by atoms with Crippen molar-refractivity contribution in [3.8, 4) is 0 Å². The summed E-state index contributed by atoms with van der Waals surface area (Å²) in [5, 5.41) is 3.83. The number of ether oxygens (including phenoxy) is 1. The summed E-state index contributed by atoms with van der Waals surface area (Å²) >= 11 is 0. The molecular weight excluding hydrogens is 421 g/mol. The summed E-state index contributed by atoms with van der Waals surface area (Å²) in [5.41, 5.74) is 3.09. The topological polar surface area (TPSA) is 78.6 Å². The van der Waals surface area contributed by atoms with Crippen molar-refractivity contribution in [3.63, 3.8) is 0 Å². The van der Waals surface area contributed by atoms with E-state index in [1.54, 1.807) is 10.9 Å². The van der Waals surface area contributed by atoms with E-state index < -0.39 is 12.1 Å². The third-order valence-corrected chi connectivity index (χ3v) is 5.61. The zero-order chi connectivity index (χ0) is 23.1. The van der Waals surface area contributed by atoms with Crippen LogP contribution in [-0.4, -0.2) is 49.1 Å². The summed E-state index contributed by atoms with van der Waals surface area (Å²) in [4.78, 5) is 16.9. The van der Waals surface area contributed by atoms with Gasteiger partial charge in [0.2, 0.25) is 0 Å². The smallest absolute Gasteiger partial charge is 0.381 e. The van der Waals surface area contributed by atoms with E-state index in [2.05, 4.69) is 25.0 Å². The Balaban J connectivity index is 0.000000195. The fourth-order valence-electron chi connectivity index (χ4n) is 3.50. The molecule has 3 aromatic rings. The summed E-state index contributed by atoms with van der Waals surface area (Å²) in [6.45, 7) is 5.64. The zero-order valence-electron chi connectivity index (χ0n) is 18.6. The second-order valence-electron chi connectivity index (χ2n) is 8.09. The van der Waals surface area contributed by atoms with Gasteiger partial charge in [-0.25, -0.2) is 19.9 Å². The Hall–Kier alpha value is -2.62. The predicted molar refractivity (Wildman–Crippen MR) is 114 cm³/mol. The number of hydrogen-bond acceptors (Lipinski definition) is 6. The minimum absolute atomic E-state index is 0.0736. The summed E-state index contributed by atoms with van der Waals surface area (Å²) in [6.07, 6.45) is 4.95. The van der Waals surface area contributed by atoms with Crippen molar-refractivity contribution in [2.45, 2.75) is 58.0 Å². The van der Waals surface area contributed by atoms with Crippen molar-refractivity contribution in [2.75, 3.05) is 13.2 Å². The number of fused-ring (bicyclic) bond motifs is 1. The van der Waals surface area contributed by atoms with Crippen molar-refractivity contribution in [1.29, 1.82) is 0 Å². The van der Waals surface area contributed by atoms with Crippen LogP contribution in [0.1, 0.15) is 55.1 Å². The van der Waals surface area contributed by atoms with Crippen LogP contribution in [0.2, 0.25) is 0 Å². The van der Waals surface area contributed by atoms with Gasteiger partial charge in [-0.05, 0) is 52.0 Å². The molecule has 0 aromatic carbocycles. The van der Waals surface area contributed by atoms with Gasteiger partial charge in [-0.1, -0.05) is 0 Å². The predicted octanol–water partition coefficient (Wildman–Crippen LogP) is 4.70. The van der Waals surface area contributed by atoms with Crippen molar-refractivity contribution in [3.05, 3.63) is 41.9 Å². The molecule has 10 heteroatoms. The van der Waals surface area contributed by atoms with Crippen LogP contribution >= 0.6 is 0 Å². The lowest BCUT2D eigenvalue weighted by molar-refractivity contribution is -0.197. The summed E-state index contributed by atoms with van der Waals surface area (Å²) < 4.78 is 44.5. The third-order valence-electron chi connectivity index (χ3n) is 5.61. The van der Waals surface area contributed by atoms with Crippen LogP contribution in [0, 0.1) is 19.8 Å². The molecule has 3 aromatic heterocycles. The first-order valence-electron chi connectivity index (χ1n) is 10.8. The Labute approximate surface area is 185 Å². The highest BCUT2D eigenvalue weighted by Gasteiger charge is 2.49. The Morgan fingerprint density at radius 2 is 1.69 bits per heavy atom. The number of nitrogens with zero attached hydrogens (tertiary/aromatic N) is 6. The van der Waals surface area contributed by atoms with Gasteiger partial charge in [-0.3, -0.25) is 4.68 Å². The van der Waals surface area contributed by atoms with Crippen LogP contribution in [-0.2, 0) is 11.8 Å². The Morgan fingerprint density at radius 1 is 1.00 bits per heavy atom. The van der Waals surface area contributed by atoms with Crippen LogP contribution in [0.25, 0.3) is 11.2 Å². The van der Waals surface area contributed by atoms with E-state index in [0.29, 0.717) is 16.9 Å². The van der Waals surface area contributed by atoms with Gasteiger partial charge in [0, 0.05) is 38.6 Å². The molecule has 4 heterocycles. The molecule has 0 amide bonds. The largest absolute Gasteiger partial charge is 0.391 e. The van der Waals surface area contributed by atoms with Crippen LogP contribution in [0.15, 0.2) is 24.8 Å². The fraction of sp³-hybridized carbons (Fsp3) is 0.591. The van der Waals surface area contributed by atoms with Gasteiger partial charge in [-0.15, -0.1) is 0 Å². The average Bonchev–Trinajstić information content (AvgIpc) is 3.20. The molecule has 174 valence electrons. The number of aromatic nitrogens is 6. The van der Waals surface area contributed by atoms with Gasteiger partial charge in [0.15, 0.2) is 5.65 Å². The van der Waals surface area contributed by atoms with Gasteiger partial charge in [-0.2, -0.15) is 18.3 Å². The van der Waals surface area contributed by atoms with Crippen LogP contribution in [0.3, 0.4) is 0 Å². The molecule has 1 aliphatic heterocycles. The number of rotatable bonds is 1. The lowest BCUT2D eigenvalue weighted by Gasteiger charge is -2.36.